The van der Waals surface area contributed by atoms with Crippen LogP contribution in [0.4, 0.5) is 0 Å². The van der Waals surface area contributed by atoms with Gasteiger partial charge in [0.05, 0.1) is 6.04 Å². The number of nitrogens with one attached hydrogen (secondary N) is 2. The molecular formula is C12H24N4. The minimum Gasteiger partial charge on any atom is -0.305 e. The highest BCUT2D eigenvalue weighted by Gasteiger charge is 2.14. The Hall–Kier alpha value is -0.900. The fourth-order valence-corrected chi connectivity index (χ4v) is 1.76. The number of aromatic nitrogens is 3. The van der Waals surface area contributed by atoms with Crippen molar-refractivity contribution in [2.45, 2.75) is 65.5 Å². The van der Waals surface area contributed by atoms with E-state index in [1.54, 1.807) is 0 Å². The van der Waals surface area contributed by atoms with Crippen LogP contribution in [0.15, 0.2) is 0 Å². The van der Waals surface area contributed by atoms with Crippen molar-refractivity contribution in [2.75, 3.05) is 0 Å². The molecule has 1 aromatic rings. The van der Waals surface area contributed by atoms with Crippen LogP contribution < -0.4 is 5.32 Å². The molecule has 1 heterocycles. The van der Waals surface area contributed by atoms with E-state index in [-0.39, 0.29) is 6.04 Å². The number of rotatable bonds is 6. The Kier molecular flexibility index (Phi) is 4.93. The monoisotopic (exact) mass is 224 g/mol. The van der Waals surface area contributed by atoms with E-state index in [9.17, 15) is 0 Å². The van der Waals surface area contributed by atoms with Gasteiger partial charge < -0.3 is 5.32 Å². The summed E-state index contributed by atoms with van der Waals surface area (Å²) in [6, 6.07) is 0.758. The van der Waals surface area contributed by atoms with Gasteiger partial charge in [-0.25, -0.2) is 4.98 Å². The maximum atomic E-state index is 4.49. The van der Waals surface area contributed by atoms with E-state index < -0.39 is 0 Å². The number of aromatic amines is 1. The SMILES string of the molecule is CCCC(C)NC(C)c1nc(C(C)C)n[nH]1. The second kappa shape index (κ2) is 5.99. The highest BCUT2D eigenvalue weighted by Crippen LogP contribution is 2.13. The molecule has 0 fully saturated rings. The summed E-state index contributed by atoms with van der Waals surface area (Å²) in [6.07, 6.45) is 2.39. The molecule has 2 atom stereocenters. The standard InChI is InChI=1S/C12H24N4/c1-6-7-9(4)13-10(5)12-14-11(8(2)3)15-16-12/h8-10,13H,6-7H2,1-5H3,(H,14,15,16). The summed E-state index contributed by atoms with van der Waals surface area (Å²) in [5.41, 5.74) is 0. The molecule has 0 amide bonds. The van der Waals surface area contributed by atoms with Crippen molar-refractivity contribution in [2.24, 2.45) is 0 Å². The quantitative estimate of drug-likeness (QED) is 0.781. The smallest absolute Gasteiger partial charge is 0.153 e. The van der Waals surface area contributed by atoms with Gasteiger partial charge in [-0.05, 0) is 20.3 Å². The Morgan fingerprint density at radius 3 is 2.44 bits per heavy atom. The summed E-state index contributed by atoms with van der Waals surface area (Å²) in [4.78, 5) is 4.49. The van der Waals surface area contributed by atoms with E-state index in [1.807, 2.05) is 0 Å². The Bertz CT molecular complexity index is 306. The maximum absolute atomic E-state index is 4.49. The molecule has 1 rings (SSSR count). The van der Waals surface area contributed by atoms with Crippen LogP contribution in [0.3, 0.4) is 0 Å². The average Bonchev–Trinajstić information content (AvgIpc) is 2.66. The second-order valence-electron chi connectivity index (χ2n) is 4.81. The molecule has 4 nitrogen and oxygen atoms in total. The lowest BCUT2D eigenvalue weighted by Crippen LogP contribution is -2.29. The molecule has 0 bridgehead atoms. The van der Waals surface area contributed by atoms with Crippen molar-refractivity contribution in [3.63, 3.8) is 0 Å². The highest BCUT2D eigenvalue weighted by molar-refractivity contribution is 4.98. The molecule has 16 heavy (non-hydrogen) atoms. The molecule has 0 aliphatic rings. The van der Waals surface area contributed by atoms with Gasteiger partial charge in [-0.3, -0.25) is 5.10 Å². The van der Waals surface area contributed by atoms with Crippen molar-refractivity contribution >= 4 is 0 Å². The van der Waals surface area contributed by atoms with E-state index in [4.69, 9.17) is 0 Å². The number of hydrogen-bond acceptors (Lipinski definition) is 3. The van der Waals surface area contributed by atoms with Crippen LogP contribution in [-0.4, -0.2) is 21.2 Å². The fraction of sp³-hybridized carbons (Fsp3) is 0.833. The zero-order chi connectivity index (χ0) is 12.1. The summed E-state index contributed by atoms with van der Waals surface area (Å²) in [5.74, 6) is 2.21. The maximum Gasteiger partial charge on any atom is 0.153 e. The van der Waals surface area contributed by atoms with Crippen LogP contribution in [0.5, 0.6) is 0 Å². The van der Waals surface area contributed by atoms with Gasteiger partial charge in [0.1, 0.15) is 5.82 Å². The van der Waals surface area contributed by atoms with Crippen molar-refractivity contribution in [3.05, 3.63) is 11.6 Å². The van der Waals surface area contributed by atoms with Crippen LogP contribution in [0.1, 0.15) is 71.1 Å². The van der Waals surface area contributed by atoms with Gasteiger partial charge in [-0.15, -0.1) is 0 Å². The molecule has 1 aromatic heterocycles. The molecule has 0 radical (unpaired) electrons. The normalized spacial score (nSPS) is 15.4. The number of H-pyrrole nitrogens is 1. The zero-order valence-corrected chi connectivity index (χ0v) is 11.0. The van der Waals surface area contributed by atoms with E-state index in [0.29, 0.717) is 12.0 Å². The van der Waals surface area contributed by atoms with E-state index >= 15 is 0 Å². The molecule has 0 aromatic carbocycles. The Labute approximate surface area is 98.2 Å². The van der Waals surface area contributed by atoms with Crippen molar-refractivity contribution in [3.8, 4) is 0 Å². The second-order valence-corrected chi connectivity index (χ2v) is 4.81. The predicted octanol–water partition coefficient (Wildman–Crippen LogP) is 2.77. The summed E-state index contributed by atoms with van der Waals surface area (Å²) in [6.45, 7) is 10.7. The topological polar surface area (TPSA) is 53.6 Å². The number of nitrogens with zero attached hydrogens (tertiary/aromatic N) is 2. The van der Waals surface area contributed by atoms with Gasteiger partial charge in [-0.2, -0.15) is 5.10 Å². The van der Waals surface area contributed by atoms with Crippen LogP contribution in [0.2, 0.25) is 0 Å². The molecule has 4 heteroatoms. The van der Waals surface area contributed by atoms with Gasteiger partial charge in [0, 0.05) is 12.0 Å². The van der Waals surface area contributed by atoms with Crippen molar-refractivity contribution in [1.29, 1.82) is 0 Å². The molecule has 92 valence electrons. The summed E-state index contributed by atoms with van der Waals surface area (Å²) < 4.78 is 0. The first kappa shape index (κ1) is 13.2. The Balaban J connectivity index is 2.55. The first-order valence-electron chi connectivity index (χ1n) is 6.22. The molecule has 2 N–H and O–H groups in total. The summed E-state index contributed by atoms with van der Waals surface area (Å²) >= 11 is 0. The first-order valence-corrected chi connectivity index (χ1v) is 6.22. The van der Waals surface area contributed by atoms with Gasteiger partial charge in [-0.1, -0.05) is 27.2 Å². The Morgan fingerprint density at radius 1 is 1.25 bits per heavy atom. The molecule has 0 aliphatic carbocycles. The summed E-state index contributed by atoms with van der Waals surface area (Å²) in [7, 11) is 0. The molecule has 0 saturated carbocycles. The largest absolute Gasteiger partial charge is 0.305 e. The zero-order valence-electron chi connectivity index (χ0n) is 11.0. The lowest BCUT2D eigenvalue weighted by atomic mass is 10.1. The molecule has 0 spiro atoms. The van der Waals surface area contributed by atoms with E-state index in [2.05, 4.69) is 55.1 Å². The molecule has 2 unspecified atom stereocenters. The lowest BCUT2D eigenvalue weighted by Gasteiger charge is -2.17. The van der Waals surface area contributed by atoms with Gasteiger partial charge in [0.25, 0.3) is 0 Å². The van der Waals surface area contributed by atoms with Gasteiger partial charge in [0.15, 0.2) is 5.82 Å². The van der Waals surface area contributed by atoms with Crippen LogP contribution in [-0.2, 0) is 0 Å². The fourth-order valence-electron chi connectivity index (χ4n) is 1.76. The van der Waals surface area contributed by atoms with E-state index in [0.717, 1.165) is 11.6 Å². The third-order valence-corrected chi connectivity index (χ3v) is 2.70. The highest BCUT2D eigenvalue weighted by atomic mass is 15.2. The minimum absolute atomic E-state index is 0.238. The minimum atomic E-state index is 0.238. The molecule has 0 saturated heterocycles. The van der Waals surface area contributed by atoms with Crippen molar-refractivity contribution < 1.29 is 0 Å². The first-order chi connectivity index (χ1) is 7.54. The van der Waals surface area contributed by atoms with Crippen molar-refractivity contribution in [1.82, 2.24) is 20.5 Å². The van der Waals surface area contributed by atoms with Crippen LogP contribution in [0, 0.1) is 0 Å². The summed E-state index contributed by atoms with van der Waals surface area (Å²) in [5, 5.41) is 10.7. The third kappa shape index (κ3) is 3.59. The van der Waals surface area contributed by atoms with Crippen LogP contribution >= 0.6 is 0 Å². The van der Waals surface area contributed by atoms with Gasteiger partial charge >= 0.3 is 0 Å². The predicted molar refractivity (Wildman–Crippen MR) is 66.4 cm³/mol. The third-order valence-electron chi connectivity index (χ3n) is 2.70. The van der Waals surface area contributed by atoms with Gasteiger partial charge in [0.2, 0.25) is 0 Å². The lowest BCUT2D eigenvalue weighted by molar-refractivity contribution is 0.440. The molecule has 0 aliphatic heterocycles. The van der Waals surface area contributed by atoms with Crippen LogP contribution in [0.25, 0.3) is 0 Å². The number of hydrogen-bond donors (Lipinski definition) is 2. The Morgan fingerprint density at radius 2 is 1.94 bits per heavy atom. The average molecular weight is 224 g/mol. The van der Waals surface area contributed by atoms with E-state index in [1.165, 1.54) is 12.8 Å². The molecular weight excluding hydrogens is 200 g/mol.